The molecule has 0 saturated heterocycles. The first-order chi connectivity index (χ1) is 8.70. The fourth-order valence-corrected chi connectivity index (χ4v) is 1.56. The van der Waals surface area contributed by atoms with Gasteiger partial charge >= 0.3 is 5.69 Å². The number of hydrogen-bond donors (Lipinski definition) is 1. The summed E-state index contributed by atoms with van der Waals surface area (Å²) in [5.74, 6) is 0.264. The quantitative estimate of drug-likeness (QED) is 0.651. The van der Waals surface area contributed by atoms with Gasteiger partial charge in [0.25, 0.3) is 0 Å². The zero-order valence-corrected chi connectivity index (χ0v) is 9.87. The molecule has 18 heavy (non-hydrogen) atoms. The Morgan fingerprint density at radius 1 is 1.39 bits per heavy atom. The van der Waals surface area contributed by atoms with Crippen LogP contribution in [0.25, 0.3) is 0 Å². The summed E-state index contributed by atoms with van der Waals surface area (Å²) >= 11 is 0. The van der Waals surface area contributed by atoms with Gasteiger partial charge in [-0.25, -0.2) is 0 Å². The summed E-state index contributed by atoms with van der Waals surface area (Å²) in [5.41, 5.74) is 3.75. The van der Waals surface area contributed by atoms with E-state index in [0.29, 0.717) is 6.61 Å². The molecule has 0 bridgehead atoms. The summed E-state index contributed by atoms with van der Waals surface area (Å²) in [7, 11) is 0. The largest absolute Gasteiger partial charge is 0.487 e. The molecule has 1 aromatic carbocycles. The molecule has 6 nitrogen and oxygen atoms in total. The van der Waals surface area contributed by atoms with Crippen LogP contribution >= 0.6 is 0 Å². The van der Waals surface area contributed by atoms with E-state index in [1.807, 2.05) is 24.5 Å². The first kappa shape index (κ1) is 12.0. The molecule has 1 heterocycles. The van der Waals surface area contributed by atoms with Crippen LogP contribution in [0.15, 0.2) is 42.7 Å². The monoisotopic (exact) mass is 247 g/mol. The first-order valence-electron chi connectivity index (χ1n) is 5.52. The fourth-order valence-electron chi connectivity index (χ4n) is 1.56. The lowest BCUT2D eigenvalue weighted by Gasteiger charge is -2.10. The van der Waals surface area contributed by atoms with E-state index in [2.05, 4.69) is 5.43 Å². The van der Waals surface area contributed by atoms with Gasteiger partial charge in [0.15, 0.2) is 5.75 Å². The summed E-state index contributed by atoms with van der Waals surface area (Å²) in [5, 5.41) is 10.8. The summed E-state index contributed by atoms with van der Waals surface area (Å²) in [6.07, 6.45) is 3.67. The van der Waals surface area contributed by atoms with Gasteiger partial charge in [-0.1, -0.05) is 0 Å². The second-order valence-electron chi connectivity index (χ2n) is 3.57. The maximum atomic E-state index is 10.8. The predicted octanol–water partition coefficient (Wildman–Crippen LogP) is 2.67. The number of anilines is 1. The molecular weight excluding hydrogens is 234 g/mol. The standard InChI is InChI=1S/C12H13N3O3/c1-2-18-12-9-10(5-6-11(12)15(16)17)13-14-7-3-4-8-14/h3-9,13H,2H2,1H3. The summed E-state index contributed by atoms with van der Waals surface area (Å²) in [6.45, 7) is 2.17. The van der Waals surface area contributed by atoms with Gasteiger partial charge in [-0.05, 0) is 25.1 Å². The van der Waals surface area contributed by atoms with Crippen molar-refractivity contribution in [1.82, 2.24) is 4.68 Å². The number of benzene rings is 1. The minimum atomic E-state index is -0.454. The van der Waals surface area contributed by atoms with Gasteiger partial charge in [0, 0.05) is 24.5 Å². The molecule has 0 saturated carbocycles. The highest BCUT2D eigenvalue weighted by Crippen LogP contribution is 2.30. The molecule has 6 heteroatoms. The molecule has 94 valence electrons. The average Bonchev–Trinajstić information content (AvgIpc) is 2.82. The summed E-state index contributed by atoms with van der Waals surface area (Å²) in [4.78, 5) is 10.4. The maximum Gasteiger partial charge on any atom is 0.311 e. The van der Waals surface area contributed by atoms with Crippen LogP contribution in [0, 0.1) is 10.1 Å². The normalized spacial score (nSPS) is 10.1. The Morgan fingerprint density at radius 3 is 2.72 bits per heavy atom. The van der Waals surface area contributed by atoms with Crippen LogP contribution < -0.4 is 10.2 Å². The summed E-state index contributed by atoms with van der Waals surface area (Å²) < 4.78 is 7.01. The highest BCUT2D eigenvalue weighted by atomic mass is 16.6. The molecule has 0 aliphatic carbocycles. The van der Waals surface area contributed by atoms with Crippen LogP contribution in [-0.4, -0.2) is 16.2 Å². The Morgan fingerprint density at radius 2 is 2.11 bits per heavy atom. The Balaban J connectivity index is 2.27. The van der Waals surface area contributed by atoms with Crippen LogP contribution in [0.3, 0.4) is 0 Å². The van der Waals surface area contributed by atoms with E-state index in [0.717, 1.165) is 5.69 Å². The number of nitro groups is 1. The van der Waals surface area contributed by atoms with Crippen LogP contribution in [0.2, 0.25) is 0 Å². The number of nitrogens with one attached hydrogen (secondary N) is 1. The molecule has 0 aliphatic rings. The van der Waals surface area contributed by atoms with Crippen molar-refractivity contribution < 1.29 is 9.66 Å². The van der Waals surface area contributed by atoms with E-state index < -0.39 is 4.92 Å². The van der Waals surface area contributed by atoms with Gasteiger partial charge in [0.2, 0.25) is 0 Å². The van der Waals surface area contributed by atoms with Crippen molar-refractivity contribution in [1.29, 1.82) is 0 Å². The highest BCUT2D eigenvalue weighted by Gasteiger charge is 2.15. The van der Waals surface area contributed by atoms with Gasteiger partial charge in [-0.15, -0.1) is 0 Å². The number of aromatic nitrogens is 1. The van der Waals surface area contributed by atoms with Gasteiger partial charge in [0.05, 0.1) is 17.2 Å². The lowest BCUT2D eigenvalue weighted by atomic mass is 10.2. The highest BCUT2D eigenvalue weighted by molar-refractivity contribution is 5.57. The van der Waals surface area contributed by atoms with Gasteiger partial charge in [0.1, 0.15) is 0 Å². The molecular formula is C12H13N3O3. The molecule has 0 atom stereocenters. The Kier molecular flexibility index (Phi) is 3.47. The van der Waals surface area contributed by atoms with E-state index in [9.17, 15) is 10.1 Å². The van der Waals surface area contributed by atoms with E-state index in [4.69, 9.17) is 4.74 Å². The predicted molar refractivity (Wildman–Crippen MR) is 67.7 cm³/mol. The maximum absolute atomic E-state index is 10.8. The zero-order valence-electron chi connectivity index (χ0n) is 9.87. The number of nitro benzene ring substituents is 1. The van der Waals surface area contributed by atoms with Crippen molar-refractivity contribution in [3.63, 3.8) is 0 Å². The Hall–Kier alpha value is -2.50. The molecule has 0 aliphatic heterocycles. The van der Waals surface area contributed by atoms with Gasteiger partial charge < -0.3 is 4.74 Å². The Labute approximate surface area is 104 Å². The average molecular weight is 247 g/mol. The van der Waals surface area contributed by atoms with Crippen molar-refractivity contribution in [2.24, 2.45) is 0 Å². The lowest BCUT2D eigenvalue weighted by Crippen LogP contribution is -2.06. The van der Waals surface area contributed by atoms with Crippen molar-refractivity contribution in [3.8, 4) is 5.75 Å². The van der Waals surface area contributed by atoms with E-state index in [-0.39, 0.29) is 11.4 Å². The van der Waals surface area contributed by atoms with Crippen molar-refractivity contribution in [2.75, 3.05) is 12.0 Å². The number of ether oxygens (including phenoxy) is 1. The summed E-state index contributed by atoms with van der Waals surface area (Å²) in [6, 6.07) is 8.43. The second kappa shape index (κ2) is 5.22. The molecule has 0 amide bonds. The van der Waals surface area contributed by atoms with Crippen LogP contribution in [0.4, 0.5) is 11.4 Å². The molecule has 0 spiro atoms. The first-order valence-corrected chi connectivity index (χ1v) is 5.52. The topological polar surface area (TPSA) is 69.3 Å². The molecule has 0 unspecified atom stereocenters. The fraction of sp³-hybridized carbons (Fsp3) is 0.167. The number of nitrogens with zero attached hydrogens (tertiary/aromatic N) is 2. The molecule has 2 aromatic rings. The third-order valence-corrected chi connectivity index (χ3v) is 2.32. The van der Waals surface area contributed by atoms with Crippen molar-refractivity contribution >= 4 is 11.4 Å². The second-order valence-corrected chi connectivity index (χ2v) is 3.57. The third-order valence-electron chi connectivity index (χ3n) is 2.32. The smallest absolute Gasteiger partial charge is 0.311 e. The van der Waals surface area contributed by atoms with Crippen molar-refractivity contribution in [3.05, 3.63) is 52.8 Å². The van der Waals surface area contributed by atoms with Crippen molar-refractivity contribution in [2.45, 2.75) is 6.92 Å². The minimum absolute atomic E-state index is 0.0325. The van der Waals surface area contributed by atoms with E-state index >= 15 is 0 Å². The number of hydrogen-bond acceptors (Lipinski definition) is 4. The van der Waals surface area contributed by atoms with Gasteiger partial charge in [-0.3, -0.25) is 20.2 Å². The molecule has 0 fully saturated rings. The third kappa shape index (κ3) is 2.60. The molecule has 1 aromatic heterocycles. The van der Waals surface area contributed by atoms with E-state index in [1.165, 1.54) is 6.07 Å². The lowest BCUT2D eigenvalue weighted by molar-refractivity contribution is -0.385. The molecule has 2 rings (SSSR count). The molecule has 1 N–H and O–H groups in total. The van der Waals surface area contributed by atoms with Crippen LogP contribution in [-0.2, 0) is 0 Å². The molecule has 0 radical (unpaired) electrons. The minimum Gasteiger partial charge on any atom is -0.487 e. The van der Waals surface area contributed by atoms with Gasteiger partial charge in [-0.2, -0.15) is 0 Å². The van der Waals surface area contributed by atoms with Crippen LogP contribution in [0.5, 0.6) is 5.75 Å². The SMILES string of the molecule is CCOc1cc(Nn2cccc2)ccc1[N+](=O)[O-]. The Bertz CT molecular complexity index is 538. The van der Waals surface area contributed by atoms with E-state index in [1.54, 1.807) is 23.7 Å². The number of rotatable bonds is 5. The van der Waals surface area contributed by atoms with Crippen LogP contribution in [0.1, 0.15) is 6.92 Å². The zero-order chi connectivity index (χ0) is 13.0.